The Bertz CT molecular complexity index is 267. The average molecular weight is 222 g/mol. The maximum absolute atomic E-state index is 5.61. The standard InChI is InChI=1S/C14H22O2/c1-3-5-6-12-16-14-9-7-13(8-10-14)15-11-4-2/h7-10H,3-6,11-12H2,1-2H3. The van der Waals surface area contributed by atoms with Crippen molar-refractivity contribution in [3.8, 4) is 11.5 Å². The van der Waals surface area contributed by atoms with E-state index in [4.69, 9.17) is 9.47 Å². The third-order valence-electron chi connectivity index (χ3n) is 2.31. The van der Waals surface area contributed by atoms with Crippen LogP contribution in [-0.4, -0.2) is 13.2 Å². The van der Waals surface area contributed by atoms with Gasteiger partial charge in [0.15, 0.2) is 0 Å². The molecule has 0 spiro atoms. The maximum Gasteiger partial charge on any atom is 0.119 e. The minimum Gasteiger partial charge on any atom is -0.494 e. The first kappa shape index (κ1) is 12.9. The molecule has 1 rings (SSSR count). The molecule has 0 saturated heterocycles. The molecule has 0 aliphatic heterocycles. The second-order valence-electron chi connectivity index (χ2n) is 3.88. The molecule has 0 heterocycles. The number of hydrogen-bond acceptors (Lipinski definition) is 2. The molecule has 0 fully saturated rings. The lowest BCUT2D eigenvalue weighted by molar-refractivity contribution is 0.301. The molecule has 0 aliphatic rings. The Labute approximate surface area is 98.6 Å². The summed E-state index contributed by atoms with van der Waals surface area (Å²) in [6.45, 7) is 5.88. The summed E-state index contributed by atoms with van der Waals surface area (Å²) in [5.74, 6) is 1.85. The van der Waals surface area contributed by atoms with E-state index in [2.05, 4.69) is 13.8 Å². The zero-order valence-corrected chi connectivity index (χ0v) is 10.4. The number of hydrogen-bond donors (Lipinski definition) is 0. The van der Waals surface area contributed by atoms with Gasteiger partial charge in [0.25, 0.3) is 0 Å². The summed E-state index contributed by atoms with van der Waals surface area (Å²) in [4.78, 5) is 0. The maximum atomic E-state index is 5.61. The second-order valence-corrected chi connectivity index (χ2v) is 3.88. The summed E-state index contributed by atoms with van der Waals surface area (Å²) in [7, 11) is 0. The third-order valence-corrected chi connectivity index (χ3v) is 2.31. The van der Waals surface area contributed by atoms with E-state index in [-0.39, 0.29) is 0 Å². The van der Waals surface area contributed by atoms with Gasteiger partial charge in [-0.25, -0.2) is 0 Å². The molecule has 0 unspecified atom stereocenters. The molecule has 2 nitrogen and oxygen atoms in total. The van der Waals surface area contributed by atoms with Crippen LogP contribution in [0.2, 0.25) is 0 Å². The van der Waals surface area contributed by atoms with E-state index in [9.17, 15) is 0 Å². The largest absolute Gasteiger partial charge is 0.494 e. The molecule has 0 aromatic heterocycles. The van der Waals surface area contributed by atoms with Gasteiger partial charge in [0.2, 0.25) is 0 Å². The van der Waals surface area contributed by atoms with E-state index in [0.29, 0.717) is 0 Å². The van der Waals surface area contributed by atoms with Crippen LogP contribution in [0, 0.1) is 0 Å². The molecule has 0 bridgehead atoms. The Kier molecular flexibility index (Phi) is 6.47. The van der Waals surface area contributed by atoms with E-state index in [1.54, 1.807) is 0 Å². The van der Waals surface area contributed by atoms with Crippen molar-refractivity contribution in [1.29, 1.82) is 0 Å². The average Bonchev–Trinajstić information content (AvgIpc) is 2.33. The highest BCUT2D eigenvalue weighted by atomic mass is 16.5. The Morgan fingerprint density at radius 1 is 0.750 bits per heavy atom. The van der Waals surface area contributed by atoms with Gasteiger partial charge in [-0.2, -0.15) is 0 Å². The van der Waals surface area contributed by atoms with Gasteiger partial charge in [-0.05, 0) is 37.1 Å². The zero-order chi connectivity index (χ0) is 11.6. The van der Waals surface area contributed by atoms with Gasteiger partial charge in [0.1, 0.15) is 11.5 Å². The van der Waals surface area contributed by atoms with Gasteiger partial charge in [0, 0.05) is 0 Å². The molecule has 0 atom stereocenters. The van der Waals surface area contributed by atoms with Gasteiger partial charge in [-0.3, -0.25) is 0 Å². The first-order valence-corrected chi connectivity index (χ1v) is 6.22. The molecule has 1 aromatic carbocycles. The van der Waals surface area contributed by atoms with Crippen LogP contribution in [0.1, 0.15) is 39.5 Å². The summed E-state index contributed by atoms with van der Waals surface area (Å²) >= 11 is 0. The van der Waals surface area contributed by atoms with Crippen molar-refractivity contribution in [1.82, 2.24) is 0 Å². The van der Waals surface area contributed by atoms with Crippen LogP contribution in [0.25, 0.3) is 0 Å². The minimum atomic E-state index is 0.775. The van der Waals surface area contributed by atoms with Crippen molar-refractivity contribution in [2.45, 2.75) is 39.5 Å². The van der Waals surface area contributed by atoms with E-state index in [1.165, 1.54) is 12.8 Å². The van der Waals surface area contributed by atoms with Gasteiger partial charge in [-0.15, -0.1) is 0 Å². The highest BCUT2D eigenvalue weighted by Gasteiger charge is 1.95. The van der Waals surface area contributed by atoms with Crippen molar-refractivity contribution in [3.05, 3.63) is 24.3 Å². The fourth-order valence-electron chi connectivity index (χ4n) is 1.39. The molecular formula is C14H22O2. The topological polar surface area (TPSA) is 18.5 Å². The summed E-state index contributed by atoms with van der Waals surface area (Å²) in [5, 5.41) is 0. The second kappa shape index (κ2) is 8.03. The molecule has 0 aliphatic carbocycles. The van der Waals surface area contributed by atoms with E-state index in [1.807, 2.05) is 24.3 Å². The van der Waals surface area contributed by atoms with E-state index >= 15 is 0 Å². The van der Waals surface area contributed by atoms with Crippen LogP contribution in [0.4, 0.5) is 0 Å². The molecule has 0 N–H and O–H groups in total. The first-order chi connectivity index (χ1) is 7.86. The smallest absolute Gasteiger partial charge is 0.119 e. The highest BCUT2D eigenvalue weighted by Crippen LogP contribution is 2.17. The van der Waals surface area contributed by atoms with Gasteiger partial charge in [-0.1, -0.05) is 26.7 Å². The van der Waals surface area contributed by atoms with Gasteiger partial charge < -0.3 is 9.47 Å². The van der Waals surface area contributed by atoms with Crippen molar-refractivity contribution in [2.24, 2.45) is 0 Å². The predicted molar refractivity (Wildman–Crippen MR) is 67.2 cm³/mol. The van der Waals surface area contributed by atoms with Crippen molar-refractivity contribution in [3.63, 3.8) is 0 Å². The van der Waals surface area contributed by atoms with Crippen molar-refractivity contribution in [2.75, 3.05) is 13.2 Å². The van der Waals surface area contributed by atoms with Gasteiger partial charge >= 0.3 is 0 Å². The lowest BCUT2D eigenvalue weighted by Gasteiger charge is -2.07. The monoisotopic (exact) mass is 222 g/mol. The number of ether oxygens (including phenoxy) is 2. The van der Waals surface area contributed by atoms with Gasteiger partial charge in [0.05, 0.1) is 13.2 Å². The first-order valence-electron chi connectivity index (χ1n) is 6.22. The van der Waals surface area contributed by atoms with Crippen molar-refractivity contribution < 1.29 is 9.47 Å². The molecule has 0 saturated carbocycles. The number of benzene rings is 1. The Morgan fingerprint density at radius 2 is 1.31 bits per heavy atom. The quantitative estimate of drug-likeness (QED) is 0.618. The number of unbranched alkanes of at least 4 members (excludes halogenated alkanes) is 2. The summed E-state index contributed by atoms with van der Waals surface area (Å²) in [5.41, 5.74) is 0. The molecule has 90 valence electrons. The van der Waals surface area contributed by atoms with Crippen LogP contribution in [0.15, 0.2) is 24.3 Å². The molecule has 2 heteroatoms. The van der Waals surface area contributed by atoms with Crippen LogP contribution in [-0.2, 0) is 0 Å². The Balaban J connectivity index is 2.27. The summed E-state index contributed by atoms with van der Waals surface area (Å²) in [6, 6.07) is 7.86. The number of rotatable bonds is 8. The van der Waals surface area contributed by atoms with E-state index in [0.717, 1.165) is 37.6 Å². The normalized spacial score (nSPS) is 10.1. The Morgan fingerprint density at radius 3 is 1.81 bits per heavy atom. The molecule has 16 heavy (non-hydrogen) atoms. The van der Waals surface area contributed by atoms with Crippen LogP contribution < -0.4 is 9.47 Å². The fraction of sp³-hybridized carbons (Fsp3) is 0.571. The fourth-order valence-corrected chi connectivity index (χ4v) is 1.39. The summed E-state index contributed by atoms with van der Waals surface area (Å²) in [6.07, 6.45) is 4.63. The van der Waals surface area contributed by atoms with Crippen LogP contribution >= 0.6 is 0 Å². The molecular weight excluding hydrogens is 200 g/mol. The highest BCUT2D eigenvalue weighted by molar-refractivity contribution is 5.31. The van der Waals surface area contributed by atoms with Crippen molar-refractivity contribution >= 4 is 0 Å². The van der Waals surface area contributed by atoms with Crippen LogP contribution in [0.5, 0.6) is 11.5 Å². The third kappa shape index (κ3) is 5.06. The Hall–Kier alpha value is -1.18. The molecule has 1 aromatic rings. The SMILES string of the molecule is CCCCCOc1ccc(OCCC)cc1. The summed E-state index contributed by atoms with van der Waals surface area (Å²) < 4.78 is 11.1. The predicted octanol–water partition coefficient (Wildman–Crippen LogP) is 4.04. The van der Waals surface area contributed by atoms with E-state index < -0.39 is 0 Å². The molecule has 0 amide bonds. The zero-order valence-electron chi connectivity index (χ0n) is 10.4. The minimum absolute atomic E-state index is 0.775. The van der Waals surface area contributed by atoms with Crippen LogP contribution in [0.3, 0.4) is 0 Å². The lowest BCUT2D eigenvalue weighted by atomic mass is 10.3. The molecule has 0 radical (unpaired) electrons. The lowest BCUT2D eigenvalue weighted by Crippen LogP contribution is -1.98.